The van der Waals surface area contributed by atoms with Crippen LogP contribution in [0.5, 0.6) is 0 Å². The zero-order valence-electron chi connectivity index (χ0n) is 10.9. The minimum Gasteiger partial charge on any atom is -0.480 e. The van der Waals surface area contributed by atoms with Gasteiger partial charge >= 0.3 is 18.2 Å². The lowest BCUT2D eigenvalue weighted by Crippen LogP contribution is -2.49. The number of alkyl halides is 3. The summed E-state index contributed by atoms with van der Waals surface area (Å²) in [6.45, 7) is 1.02. The van der Waals surface area contributed by atoms with Gasteiger partial charge in [-0.2, -0.15) is 13.2 Å². The fourth-order valence-electron chi connectivity index (χ4n) is 1.88. The average molecular weight is 307 g/mol. The second-order valence-electron chi connectivity index (χ2n) is 4.52. The van der Waals surface area contributed by atoms with Crippen molar-refractivity contribution in [3.8, 4) is 0 Å². The standard InChI is InChI=1S/C10H12F3N5O3/c1-5(7(19)20)14-9(21)17-2-3-18-6(4-17)15-16-8(18)10(11,12)13/h5H,2-4H2,1H3,(H,14,21)(H,19,20)/t5-/m0/s1. The number of aliphatic carboxylic acids is 1. The number of halogens is 3. The van der Waals surface area contributed by atoms with Crippen LogP contribution in [0.3, 0.4) is 0 Å². The van der Waals surface area contributed by atoms with Crippen LogP contribution in [0.2, 0.25) is 0 Å². The molecule has 0 unspecified atom stereocenters. The summed E-state index contributed by atoms with van der Waals surface area (Å²) >= 11 is 0. The number of carboxylic acids is 1. The highest BCUT2D eigenvalue weighted by molar-refractivity contribution is 5.82. The fraction of sp³-hybridized carbons (Fsp3) is 0.600. The highest BCUT2D eigenvalue weighted by Gasteiger charge is 2.40. The Hall–Kier alpha value is -2.33. The molecule has 2 rings (SSSR count). The second-order valence-corrected chi connectivity index (χ2v) is 4.52. The third kappa shape index (κ3) is 3.06. The number of fused-ring (bicyclic) bond motifs is 1. The van der Waals surface area contributed by atoms with Gasteiger partial charge in [-0.3, -0.25) is 4.79 Å². The summed E-state index contributed by atoms with van der Waals surface area (Å²) in [5.41, 5.74) is 0. The Labute approximate surface area is 116 Å². The summed E-state index contributed by atoms with van der Waals surface area (Å²) in [6.07, 6.45) is -4.60. The Bertz CT molecular complexity index is 571. The molecule has 1 aliphatic rings. The number of nitrogens with zero attached hydrogens (tertiary/aromatic N) is 4. The molecule has 11 heteroatoms. The quantitative estimate of drug-likeness (QED) is 0.818. The Kier molecular flexibility index (Phi) is 3.75. The van der Waals surface area contributed by atoms with Crippen molar-refractivity contribution in [1.82, 2.24) is 25.0 Å². The van der Waals surface area contributed by atoms with Gasteiger partial charge in [-0.1, -0.05) is 0 Å². The van der Waals surface area contributed by atoms with Gasteiger partial charge < -0.3 is 19.9 Å². The maximum atomic E-state index is 12.6. The van der Waals surface area contributed by atoms with Crippen LogP contribution in [0, 0.1) is 0 Å². The van der Waals surface area contributed by atoms with Crippen molar-refractivity contribution >= 4 is 12.0 Å². The molecule has 2 N–H and O–H groups in total. The molecule has 0 fully saturated rings. The Morgan fingerprint density at radius 3 is 2.57 bits per heavy atom. The maximum Gasteiger partial charge on any atom is 0.451 e. The first-order valence-electron chi connectivity index (χ1n) is 5.97. The van der Waals surface area contributed by atoms with Gasteiger partial charge in [0.05, 0.1) is 6.54 Å². The molecule has 0 bridgehead atoms. The van der Waals surface area contributed by atoms with E-state index in [-0.39, 0.29) is 25.5 Å². The van der Waals surface area contributed by atoms with Crippen LogP contribution in [-0.4, -0.2) is 49.4 Å². The third-order valence-corrected chi connectivity index (χ3v) is 3.00. The molecule has 1 aromatic rings. The van der Waals surface area contributed by atoms with Gasteiger partial charge in [-0.25, -0.2) is 4.79 Å². The molecule has 116 valence electrons. The summed E-state index contributed by atoms with van der Waals surface area (Å²) < 4.78 is 38.8. The Morgan fingerprint density at radius 1 is 1.33 bits per heavy atom. The van der Waals surface area contributed by atoms with Crippen molar-refractivity contribution in [2.24, 2.45) is 0 Å². The lowest BCUT2D eigenvalue weighted by Gasteiger charge is -2.28. The number of urea groups is 1. The minimum atomic E-state index is -4.60. The van der Waals surface area contributed by atoms with Crippen LogP contribution in [0.1, 0.15) is 18.6 Å². The lowest BCUT2D eigenvalue weighted by molar-refractivity contribution is -0.148. The van der Waals surface area contributed by atoms with Crippen LogP contribution >= 0.6 is 0 Å². The maximum absolute atomic E-state index is 12.6. The van der Waals surface area contributed by atoms with Gasteiger partial charge in [0.2, 0.25) is 5.82 Å². The number of amides is 2. The number of carbonyl (C=O) groups is 2. The molecule has 0 spiro atoms. The van der Waals surface area contributed by atoms with E-state index in [1.54, 1.807) is 0 Å². The molecule has 2 heterocycles. The molecule has 21 heavy (non-hydrogen) atoms. The van der Waals surface area contributed by atoms with Crippen molar-refractivity contribution < 1.29 is 27.9 Å². The van der Waals surface area contributed by atoms with Crippen molar-refractivity contribution in [1.29, 1.82) is 0 Å². The summed E-state index contributed by atoms with van der Waals surface area (Å²) in [7, 11) is 0. The molecule has 0 radical (unpaired) electrons. The number of nitrogens with one attached hydrogen (secondary N) is 1. The van der Waals surface area contributed by atoms with Crippen molar-refractivity contribution in [3.63, 3.8) is 0 Å². The zero-order chi connectivity index (χ0) is 15.8. The molecular formula is C10H12F3N5O3. The first-order valence-corrected chi connectivity index (χ1v) is 5.97. The van der Waals surface area contributed by atoms with E-state index in [1.165, 1.54) is 11.8 Å². The van der Waals surface area contributed by atoms with Gasteiger partial charge in [0.25, 0.3) is 0 Å². The molecule has 1 atom stereocenters. The fourth-order valence-corrected chi connectivity index (χ4v) is 1.88. The molecule has 2 amide bonds. The van der Waals surface area contributed by atoms with Gasteiger partial charge in [0.1, 0.15) is 6.04 Å². The largest absolute Gasteiger partial charge is 0.480 e. The number of hydrogen-bond donors (Lipinski definition) is 2. The highest BCUT2D eigenvalue weighted by Crippen LogP contribution is 2.29. The normalized spacial score (nSPS) is 16.3. The summed E-state index contributed by atoms with van der Waals surface area (Å²) in [6, 6.07) is -1.77. The average Bonchev–Trinajstić information content (AvgIpc) is 2.80. The SMILES string of the molecule is C[C@H](NC(=O)N1CCn2c(nnc2C(F)(F)F)C1)C(=O)O. The van der Waals surface area contributed by atoms with E-state index in [1.807, 2.05) is 0 Å². The van der Waals surface area contributed by atoms with Crippen molar-refractivity contribution in [2.75, 3.05) is 6.54 Å². The summed E-state index contributed by atoms with van der Waals surface area (Å²) in [4.78, 5) is 23.6. The van der Waals surface area contributed by atoms with E-state index in [2.05, 4.69) is 15.5 Å². The van der Waals surface area contributed by atoms with Crippen LogP contribution in [0.15, 0.2) is 0 Å². The first-order chi connectivity index (χ1) is 9.70. The van der Waals surface area contributed by atoms with E-state index in [9.17, 15) is 22.8 Å². The van der Waals surface area contributed by atoms with Crippen LogP contribution < -0.4 is 5.32 Å². The smallest absolute Gasteiger partial charge is 0.451 e. The van der Waals surface area contributed by atoms with Gasteiger partial charge in [-0.05, 0) is 6.92 Å². The Morgan fingerprint density at radius 2 is 2.00 bits per heavy atom. The monoisotopic (exact) mass is 307 g/mol. The number of rotatable bonds is 2. The minimum absolute atomic E-state index is 0.00621. The van der Waals surface area contributed by atoms with Crippen LogP contribution in [-0.2, 0) is 24.1 Å². The topological polar surface area (TPSA) is 100 Å². The summed E-state index contributed by atoms with van der Waals surface area (Å²) in [5, 5.41) is 17.4. The van der Waals surface area contributed by atoms with E-state index in [4.69, 9.17) is 5.11 Å². The number of aromatic nitrogens is 3. The lowest BCUT2D eigenvalue weighted by atomic mass is 10.3. The van der Waals surface area contributed by atoms with Crippen molar-refractivity contribution in [2.45, 2.75) is 32.2 Å². The first kappa shape index (κ1) is 15.1. The molecular weight excluding hydrogens is 295 g/mol. The third-order valence-electron chi connectivity index (χ3n) is 3.00. The predicted octanol–water partition coefficient (Wildman–Crippen LogP) is 0.295. The predicted molar refractivity (Wildman–Crippen MR) is 61.1 cm³/mol. The highest BCUT2D eigenvalue weighted by atomic mass is 19.4. The summed E-state index contributed by atoms with van der Waals surface area (Å²) in [5.74, 6) is -2.30. The molecule has 0 saturated heterocycles. The van der Waals surface area contributed by atoms with Crippen LogP contribution in [0.25, 0.3) is 0 Å². The van der Waals surface area contributed by atoms with E-state index < -0.39 is 30.0 Å². The van der Waals surface area contributed by atoms with E-state index >= 15 is 0 Å². The number of carboxylic acid groups (broad SMARTS) is 1. The van der Waals surface area contributed by atoms with E-state index in [0.717, 1.165) is 4.57 Å². The zero-order valence-corrected chi connectivity index (χ0v) is 10.9. The van der Waals surface area contributed by atoms with E-state index in [0.29, 0.717) is 0 Å². The second kappa shape index (κ2) is 5.22. The molecule has 8 nitrogen and oxygen atoms in total. The van der Waals surface area contributed by atoms with Gasteiger partial charge in [0.15, 0.2) is 5.82 Å². The molecule has 0 saturated carbocycles. The molecule has 0 aromatic carbocycles. The van der Waals surface area contributed by atoms with Crippen molar-refractivity contribution in [3.05, 3.63) is 11.6 Å². The molecule has 0 aliphatic carbocycles. The molecule has 1 aliphatic heterocycles. The number of carbonyl (C=O) groups excluding carboxylic acids is 1. The number of hydrogen-bond acceptors (Lipinski definition) is 4. The molecule has 1 aromatic heterocycles. The Balaban J connectivity index is 2.09. The van der Waals surface area contributed by atoms with Gasteiger partial charge in [0, 0.05) is 13.1 Å². The van der Waals surface area contributed by atoms with Crippen LogP contribution in [0.4, 0.5) is 18.0 Å². The van der Waals surface area contributed by atoms with Gasteiger partial charge in [-0.15, -0.1) is 10.2 Å².